The number of ether oxygens (including phenoxy) is 1. The van der Waals surface area contributed by atoms with Crippen LogP contribution in [0, 0.1) is 21.6 Å². The summed E-state index contributed by atoms with van der Waals surface area (Å²) in [4.78, 5) is 0. The van der Waals surface area contributed by atoms with E-state index >= 15 is 0 Å². The second kappa shape index (κ2) is 10.0. The third-order valence-electron chi connectivity index (χ3n) is 1.66. The van der Waals surface area contributed by atoms with E-state index in [4.69, 9.17) is 4.74 Å². The van der Waals surface area contributed by atoms with Gasteiger partial charge in [-0.25, -0.2) is 0 Å². The van der Waals surface area contributed by atoms with Crippen LogP contribution in [0.5, 0.6) is 0 Å². The van der Waals surface area contributed by atoms with Crippen molar-refractivity contribution in [3.63, 3.8) is 0 Å². The molecule has 0 rings (SSSR count). The van der Waals surface area contributed by atoms with Crippen molar-refractivity contribution in [1.82, 2.24) is 0 Å². The molecule has 0 atom stereocenters. The highest BCUT2D eigenvalue weighted by atomic mass is 32.2. The Hall–Kier alpha value is 0.214. The van der Waals surface area contributed by atoms with E-state index in [1.54, 1.807) is 23.5 Å². The molecule has 0 amide bonds. The van der Waals surface area contributed by atoms with Gasteiger partial charge in [0.25, 0.3) is 0 Å². The third kappa shape index (κ3) is 18.2. The molecule has 0 aliphatic rings. The Balaban J connectivity index is 3.41. The van der Waals surface area contributed by atoms with E-state index in [0.29, 0.717) is 0 Å². The molecule has 0 N–H and O–H groups in total. The first-order valence-corrected chi connectivity index (χ1v) is 15.5. The van der Waals surface area contributed by atoms with Crippen LogP contribution in [-0.2, 0) is 4.74 Å². The van der Waals surface area contributed by atoms with Crippen LogP contribution in [-0.4, -0.2) is 40.9 Å². The van der Waals surface area contributed by atoms with Gasteiger partial charge in [-0.15, -0.1) is 11.1 Å². The second-order valence-electron chi connectivity index (χ2n) is 6.26. The molecule has 0 heterocycles. The lowest BCUT2D eigenvalue weighted by Gasteiger charge is -2.04. The lowest BCUT2D eigenvalue weighted by Crippen LogP contribution is -2.16. The predicted molar refractivity (Wildman–Crippen MR) is 98.0 cm³/mol. The van der Waals surface area contributed by atoms with Crippen molar-refractivity contribution >= 4 is 39.7 Å². The first kappa shape index (κ1) is 19.2. The van der Waals surface area contributed by atoms with E-state index in [0.717, 1.165) is 24.7 Å². The van der Waals surface area contributed by atoms with Crippen LogP contribution in [0.1, 0.15) is 0 Å². The lowest BCUT2D eigenvalue weighted by molar-refractivity contribution is 0.167. The molecule has 0 radical (unpaired) electrons. The molecule has 19 heavy (non-hydrogen) atoms. The summed E-state index contributed by atoms with van der Waals surface area (Å²) in [5.74, 6) is 1.92. The Kier molecular flexibility index (Phi) is 10.1. The largest absolute Gasteiger partial charge is 0.380 e. The van der Waals surface area contributed by atoms with Gasteiger partial charge in [-0.3, -0.25) is 0 Å². The fourth-order valence-corrected chi connectivity index (χ4v) is 4.42. The standard InChI is InChI=1S/C14H26OS2Si2/c1-18(2,3)13-11-16-9-7-15-8-10-17-12-14-19(4,5)6/h7-10H2,1-6H3. The summed E-state index contributed by atoms with van der Waals surface area (Å²) in [6.07, 6.45) is 0. The van der Waals surface area contributed by atoms with E-state index in [-0.39, 0.29) is 0 Å². The van der Waals surface area contributed by atoms with Gasteiger partial charge in [-0.1, -0.05) is 62.8 Å². The van der Waals surface area contributed by atoms with E-state index in [9.17, 15) is 0 Å². The van der Waals surface area contributed by atoms with Gasteiger partial charge in [0, 0.05) is 11.5 Å². The maximum Gasteiger partial charge on any atom is 0.130 e. The third-order valence-corrected chi connectivity index (χ3v) is 5.00. The van der Waals surface area contributed by atoms with Gasteiger partial charge in [0.05, 0.1) is 13.2 Å². The molecular weight excluding hydrogens is 304 g/mol. The summed E-state index contributed by atoms with van der Waals surface area (Å²) in [6.45, 7) is 15.1. The molecule has 0 aromatic carbocycles. The fraction of sp³-hybridized carbons (Fsp3) is 0.714. The molecular formula is C14H26OS2Si2. The first-order valence-electron chi connectivity index (χ1n) is 6.56. The highest BCUT2D eigenvalue weighted by Crippen LogP contribution is 2.03. The topological polar surface area (TPSA) is 9.23 Å². The summed E-state index contributed by atoms with van der Waals surface area (Å²) < 4.78 is 5.54. The van der Waals surface area contributed by atoms with E-state index < -0.39 is 16.1 Å². The minimum atomic E-state index is -1.20. The Labute approximate surface area is 130 Å². The van der Waals surface area contributed by atoms with E-state index in [1.165, 1.54) is 0 Å². The van der Waals surface area contributed by atoms with Crippen molar-refractivity contribution in [1.29, 1.82) is 0 Å². The monoisotopic (exact) mass is 330 g/mol. The maximum absolute atomic E-state index is 5.54. The van der Waals surface area contributed by atoms with Crippen molar-refractivity contribution in [2.45, 2.75) is 39.3 Å². The van der Waals surface area contributed by atoms with Gasteiger partial charge < -0.3 is 4.74 Å². The Bertz CT molecular complexity index is 325. The zero-order valence-electron chi connectivity index (χ0n) is 13.1. The Morgan fingerprint density at radius 2 is 1.11 bits per heavy atom. The molecule has 0 spiro atoms. The predicted octanol–water partition coefficient (Wildman–Crippen LogP) is 4.15. The molecule has 0 saturated carbocycles. The molecule has 0 aliphatic heterocycles. The SMILES string of the molecule is C[Si](C)(C)C#CSCCOCCSC#C[Si](C)(C)C. The number of hydrogen-bond acceptors (Lipinski definition) is 3. The van der Waals surface area contributed by atoms with E-state index in [1.807, 2.05) is 0 Å². The van der Waals surface area contributed by atoms with Crippen LogP contribution in [0.3, 0.4) is 0 Å². The zero-order chi connectivity index (χ0) is 14.8. The average molecular weight is 331 g/mol. The molecule has 0 unspecified atom stereocenters. The molecule has 0 bridgehead atoms. The molecule has 108 valence electrons. The van der Waals surface area contributed by atoms with Gasteiger partial charge >= 0.3 is 0 Å². The van der Waals surface area contributed by atoms with Gasteiger partial charge in [-0.05, 0) is 10.5 Å². The van der Waals surface area contributed by atoms with Crippen molar-refractivity contribution in [2.24, 2.45) is 0 Å². The minimum absolute atomic E-state index is 0.785. The summed E-state index contributed by atoms with van der Waals surface area (Å²) >= 11 is 3.34. The smallest absolute Gasteiger partial charge is 0.130 e. The molecule has 1 nitrogen and oxygen atoms in total. The maximum atomic E-state index is 5.54. The van der Waals surface area contributed by atoms with Crippen LogP contribution < -0.4 is 0 Å². The lowest BCUT2D eigenvalue weighted by atomic mass is 10.8. The van der Waals surface area contributed by atoms with Crippen LogP contribution in [0.2, 0.25) is 39.3 Å². The van der Waals surface area contributed by atoms with Crippen molar-refractivity contribution in [3.05, 3.63) is 0 Å². The summed E-state index contributed by atoms with van der Waals surface area (Å²) in [5.41, 5.74) is 6.67. The normalized spacial score (nSPS) is 11.3. The van der Waals surface area contributed by atoms with Gasteiger partial charge in [0.15, 0.2) is 0 Å². The highest BCUT2D eigenvalue weighted by Gasteiger charge is 2.07. The van der Waals surface area contributed by atoms with Crippen molar-refractivity contribution < 1.29 is 4.74 Å². The zero-order valence-corrected chi connectivity index (χ0v) is 16.7. The summed E-state index contributed by atoms with van der Waals surface area (Å²) in [7, 11) is -2.40. The molecule has 0 fully saturated rings. The fourth-order valence-electron chi connectivity index (χ4n) is 0.784. The quantitative estimate of drug-likeness (QED) is 0.411. The molecule has 0 aromatic rings. The number of thioether (sulfide) groups is 2. The first-order chi connectivity index (χ1) is 8.71. The van der Waals surface area contributed by atoms with Crippen molar-refractivity contribution in [2.75, 3.05) is 24.7 Å². The highest BCUT2D eigenvalue weighted by molar-refractivity contribution is 8.04. The Morgan fingerprint density at radius 1 is 0.737 bits per heavy atom. The Morgan fingerprint density at radius 3 is 1.42 bits per heavy atom. The molecule has 0 aliphatic carbocycles. The summed E-state index contributed by atoms with van der Waals surface area (Å²) in [6, 6.07) is 0. The molecule has 0 saturated heterocycles. The van der Waals surface area contributed by atoms with Crippen molar-refractivity contribution in [3.8, 4) is 21.6 Å². The average Bonchev–Trinajstić information content (AvgIpc) is 2.22. The number of hydrogen-bond donors (Lipinski definition) is 0. The molecule has 5 heteroatoms. The van der Waals surface area contributed by atoms with Gasteiger partial charge in [0.2, 0.25) is 0 Å². The van der Waals surface area contributed by atoms with Crippen LogP contribution in [0.25, 0.3) is 0 Å². The number of rotatable bonds is 6. The van der Waals surface area contributed by atoms with Crippen LogP contribution >= 0.6 is 23.5 Å². The summed E-state index contributed by atoms with van der Waals surface area (Å²) in [5, 5.41) is 6.36. The van der Waals surface area contributed by atoms with E-state index in [2.05, 4.69) is 60.9 Å². The van der Waals surface area contributed by atoms with Crippen LogP contribution in [0.15, 0.2) is 0 Å². The van der Waals surface area contributed by atoms with Gasteiger partial charge in [0.1, 0.15) is 16.1 Å². The molecule has 0 aromatic heterocycles. The van der Waals surface area contributed by atoms with Gasteiger partial charge in [-0.2, -0.15) is 0 Å². The minimum Gasteiger partial charge on any atom is -0.380 e. The second-order valence-corrected chi connectivity index (χ2v) is 17.6. The van der Waals surface area contributed by atoms with Crippen LogP contribution in [0.4, 0.5) is 0 Å².